The smallest absolute Gasteiger partial charge is 0.243 e. The van der Waals surface area contributed by atoms with Crippen molar-refractivity contribution in [3.8, 4) is 0 Å². The third-order valence-corrected chi connectivity index (χ3v) is 3.21. The van der Waals surface area contributed by atoms with E-state index in [9.17, 15) is 5.11 Å². The highest BCUT2D eigenvalue weighted by molar-refractivity contribution is 5.26. The van der Waals surface area contributed by atoms with Gasteiger partial charge in [0.2, 0.25) is 5.95 Å². The molecule has 2 rings (SSSR count). The van der Waals surface area contributed by atoms with Gasteiger partial charge in [-0.3, -0.25) is 0 Å². The first-order valence-corrected chi connectivity index (χ1v) is 6.31. The van der Waals surface area contributed by atoms with Gasteiger partial charge < -0.3 is 10.4 Å². The molecule has 0 spiro atoms. The van der Waals surface area contributed by atoms with E-state index in [1.54, 1.807) is 6.20 Å². The predicted octanol–water partition coefficient (Wildman–Crippen LogP) is 1.71. The number of aromatic nitrogens is 3. The summed E-state index contributed by atoms with van der Waals surface area (Å²) in [4.78, 5) is 4.40. The highest BCUT2D eigenvalue weighted by Gasteiger charge is 2.23. The number of aliphatic hydroxyl groups is 1. The van der Waals surface area contributed by atoms with Crippen LogP contribution < -0.4 is 5.32 Å². The third-order valence-electron chi connectivity index (χ3n) is 3.21. The molecular formula is C12H20N4O. The number of aliphatic hydroxyl groups excluding tert-OH is 1. The molecule has 0 unspecified atom stereocenters. The van der Waals surface area contributed by atoms with Crippen LogP contribution in [0.4, 0.5) is 5.95 Å². The molecule has 0 radical (unpaired) electrons. The van der Waals surface area contributed by atoms with Gasteiger partial charge in [-0.15, -0.1) is 5.10 Å². The van der Waals surface area contributed by atoms with Crippen molar-refractivity contribution < 1.29 is 5.11 Å². The molecule has 5 nitrogen and oxygen atoms in total. The molecule has 17 heavy (non-hydrogen) atoms. The average Bonchev–Trinajstić information content (AvgIpc) is 2.32. The molecule has 1 aromatic heterocycles. The minimum atomic E-state index is -0.296. The molecule has 0 saturated heterocycles. The van der Waals surface area contributed by atoms with Gasteiger partial charge in [-0.05, 0) is 18.8 Å². The van der Waals surface area contributed by atoms with Crippen LogP contribution in [0.25, 0.3) is 0 Å². The first-order valence-electron chi connectivity index (χ1n) is 6.31. The van der Waals surface area contributed by atoms with Crippen LogP contribution in [0.1, 0.15) is 51.1 Å². The molecule has 1 aliphatic rings. The van der Waals surface area contributed by atoms with Crippen LogP contribution in [-0.2, 0) is 0 Å². The summed E-state index contributed by atoms with van der Waals surface area (Å²) in [5.41, 5.74) is 0.924. The molecular weight excluding hydrogens is 216 g/mol. The van der Waals surface area contributed by atoms with E-state index in [4.69, 9.17) is 0 Å². The highest BCUT2D eigenvalue weighted by atomic mass is 16.3. The molecule has 1 saturated carbocycles. The van der Waals surface area contributed by atoms with E-state index in [-0.39, 0.29) is 12.1 Å². The van der Waals surface area contributed by atoms with Crippen LogP contribution in [0.2, 0.25) is 0 Å². The molecule has 94 valence electrons. The molecule has 0 aliphatic heterocycles. The van der Waals surface area contributed by atoms with Crippen LogP contribution in [0.15, 0.2) is 6.20 Å². The Morgan fingerprint density at radius 2 is 2.12 bits per heavy atom. The fourth-order valence-corrected chi connectivity index (χ4v) is 2.10. The fraction of sp³-hybridized carbons (Fsp3) is 0.750. The lowest BCUT2D eigenvalue weighted by Gasteiger charge is -2.28. The molecule has 1 aromatic rings. The molecule has 0 aromatic carbocycles. The number of rotatable bonds is 3. The molecule has 1 heterocycles. The third kappa shape index (κ3) is 3.12. The number of nitrogens with one attached hydrogen (secondary N) is 1. The van der Waals surface area contributed by atoms with E-state index in [0.717, 1.165) is 31.4 Å². The zero-order valence-corrected chi connectivity index (χ0v) is 10.4. The summed E-state index contributed by atoms with van der Waals surface area (Å²) in [5.74, 6) is 0.865. The molecule has 2 N–H and O–H groups in total. The van der Waals surface area contributed by atoms with E-state index in [1.165, 1.54) is 0 Å². The van der Waals surface area contributed by atoms with Crippen LogP contribution >= 0.6 is 0 Å². The summed E-state index contributed by atoms with van der Waals surface area (Å²) in [6.07, 6.45) is 5.46. The number of hydrogen-bond acceptors (Lipinski definition) is 5. The van der Waals surface area contributed by atoms with Gasteiger partial charge in [0.25, 0.3) is 0 Å². The Kier molecular flexibility index (Phi) is 3.89. The lowest BCUT2D eigenvalue weighted by molar-refractivity contribution is 0.116. The van der Waals surface area contributed by atoms with Crippen LogP contribution in [0.5, 0.6) is 0 Å². The maximum absolute atomic E-state index is 9.87. The van der Waals surface area contributed by atoms with Crippen molar-refractivity contribution in [3.63, 3.8) is 0 Å². The molecule has 0 amide bonds. The van der Waals surface area contributed by atoms with Crippen molar-refractivity contribution >= 4 is 5.95 Å². The maximum Gasteiger partial charge on any atom is 0.243 e. The van der Waals surface area contributed by atoms with Crippen molar-refractivity contribution in [2.75, 3.05) is 5.32 Å². The Balaban J connectivity index is 2.04. The van der Waals surface area contributed by atoms with Crippen molar-refractivity contribution in [1.82, 2.24) is 15.2 Å². The first-order chi connectivity index (χ1) is 8.16. The van der Waals surface area contributed by atoms with Gasteiger partial charge in [0.1, 0.15) is 0 Å². The number of anilines is 1. The molecule has 0 bridgehead atoms. The lowest BCUT2D eigenvalue weighted by atomic mass is 9.93. The van der Waals surface area contributed by atoms with Crippen molar-refractivity contribution in [3.05, 3.63) is 11.9 Å². The number of hydrogen-bond donors (Lipinski definition) is 2. The Bertz CT molecular complexity index is 369. The predicted molar refractivity (Wildman–Crippen MR) is 65.8 cm³/mol. The molecule has 2 atom stereocenters. The largest absolute Gasteiger partial charge is 0.391 e. The van der Waals surface area contributed by atoms with E-state index in [0.29, 0.717) is 11.9 Å². The minimum Gasteiger partial charge on any atom is -0.391 e. The summed E-state index contributed by atoms with van der Waals surface area (Å²) in [6.45, 7) is 4.15. The summed E-state index contributed by atoms with van der Waals surface area (Å²) in [6, 6.07) is 0.0629. The zero-order valence-electron chi connectivity index (χ0n) is 10.4. The van der Waals surface area contributed by atoms with Gasteiger partial charge in [-0.2, -0.15) is 5.10 Å². The van der Waals surface area contributed by atoms with Crippen LogP contribution in [0, 0.1) is 0 Å². The summed E-state index contributed by atoms with van der Waals surface area (Å²) < 4.78 is 0. The Hall–Kier alpha value is -1.23. The van der Waals surface area contributed by atoms with E-state index in [1.807, 2.05) is 0 Å². The van der Waals surface area contributed by atoms with Gasteiger partial charge >= 0.3 is 0 Å². The van der Waals surface area contributed by atoms with Gasteiger partial charge in [-0.25, -0.2) is 4.98 Å². The minimum absolute atomic E-state index is 0.0629. The van der Waals surface area contributed by atoms with Crippen molar-refractivity contribution in [1.29, 1.82) is 0 Å². The van der Waals surface area contributed by atoms with Gasteiger partial charge in [0.05, 0.1) is 24.0 Å². The zero-order chi connectivity index (χ0) is 12.3. The van der Waals surface area contributed by atoms with E-state index >= 15 is 0 Å². The SMILES string of the molecule is CC(C)c1cnnc(N[C@@H]2CCCC[C@H]2O)n1. The maximum atomic E-state index is 9.87. The van der Waals surface area contributed by atoms with E-state index in [2.05, 4.69) is 34.3 Å². The molecule has 1 fully saturated rings. The second kappa shape index (κ2) is 5.40. The standard InChI is InChI=1S/C12H20N4O/c1-8(2)10-7-13-16-12(15-10)14-9-5-3-4-6-11(9)17/h7-9,11,17H,3-6H2,1-2H3,(H,14,15,16)/t9-,11-/m1/s1. The Labute approximate surface area is 102 Å². The summed E-state index contributed by atoms with van der Waals surface area (Å²) >= 11 is 0. The van der Waals surface area contributed by atoms with Crippen LogP contribution in [-0.4, -0.2) is 32.4 Å². The second-order valence-electron chi connectivity index (χ2n) is 4.96. The summed E-state index contributed by atoms with van der Waals surface area (Å²) in [5, 5.41) is 21.0. The topological polar surface area (TPSA) is 70.9 Å². The normalized spacial score (nSPS) is 24.9. The Morgan fingerprint density at radius 1 is 1.35 bits per heavy atom. The second-order valence-corrected chi connectivity index (χ2v) is 4.96. The van der Waals surface area contributed by atoms with Gasteiger partial charge in [-0.1, -0.05) is 26.7 Å². The fourth-order valence-electron chi connectivity index (χ4n) is 2.10. The van der Waals surface area contributed by atoms with Gasteiger partial charge in [0, 0.05) is 0 Å². The Morgan fingerprint density at radius 3 is 2.82 bits per heavy atom. The highest BCUT2D eigenvalue weighted by Crippen LogP contribution is 2.21. The van der Waals surface area contributed by atoms with Crippen molar-refractivity contribution in [2.24, 2.45) is 0 Å². The first kappa shape index (κ1) is 12.2. The lowest BCUT2D eigenvalue weighted by Crippen LogP contribution is -2.37. The van der Waals surface area contributed by atoms with Crippen molar-refractivity contribution in [2.45, 2.75) is 57.6 Å². The quantitative estimate of drug-likeness (QED) is 0.836. The number of nitrogens with zero attached hydrogens (tertiary/aromatic N) is 3. The van der Waals surface area contributed by atoms with Gasteiger partial charge in [0.15, 0.2) is 0 Å². The molecule has 5 heteroatoms. The average molecular weight is 236 g/mol. The summed E-state index contributed by atoms with van der Waals surface area (Å²) in [7, 11) is 0. The monoisotopic (exact) mass is 236 g/mol. The van der Waals surface area contributed by atoms with E-state index < -0.39 is 0 Å². The molecule has 1 aliphatic carbocycles. The van der Waals surface area contributed by atoms with Crippen LogP contribution in [0.3, 0.4) is 0 Å².